The molecule has 0 aliphatic rings. The van der Waals surface area contributed by atoms with Gasteiger partial charge in [0, 0.05) is 18.0 Å². The van der Waals surface area contributed by atoms with Crippen molar-refractivity contribution in [2.75, 3.05) is 6.61 Å². The predicted octanol–water partition coefficient (Wildman–Crippen LogP) is 5.17. The molecule has 6 nitrogen and oxygen atoms in total. The third-order valence-corrected chi connectivity index (χ3v) is 5.52. The normalized spacial score (nSPS) is 12.5. The van der Waals surface area contributed by atoms with E-state index in [1.165, 1.54) is 10.6 Å². The van der Waals surface area contributed by atoms with Gasteiger partial charge in [-0.3, -0.25) is 14.3 Å². The molecule has 10 heteroatoms. The first kappa shape index (κ1) is 22.8. The van der Waals surface area contributed by atoms with Gasteiger partial charge < -0.3 is 4.74 Å². The Labute approximate surface area is 181 Å². The molecule has 0 bridgehead atoms. The number of carbonyl (C=O) groups is 1. The van der Waals surface area contributed by atoms with E-state index in [-0.39, 0.29) is 12.3 Å². The van der Waals surface area contributed by atoms with Gasteiger partial charge in [-0.2, -0.15) is 13.2 Å². The molecular weight excluding hydrogens is 429 g/mol. The van der Waals surface area contributed by atoms with Crippen molar-refractivity contribution >= 4 is 17.7 Å². The SMILES string of the molecule is CCC[C@@H](Sc1nnc(-c2cccnc2)n1-c1cccc(C(F)(F)F)c1)C(=O)OCC. The zero-order valence-electron chi connectivity index (χ0n) is 17.0. The van der Waals surface area contributed by atoms with Crippen LogP contribution in [-0.2, 0) is 15.7 Å². The van der Waals surface area contributed by atoms with Gasteiger partial charge in [0.25, 0.3) is 0 Å². The smallest absolute Gasteiger partial charge is 0.416 e. The molecule has 0 N–H and O–H groups in total. The molecule has 0 saturated heterocycles. The van der Waals surface area contributed by atoms with Gasteiger partial charge in [0.1, 0.15) is 5.25 Å². The molecule has 0 amide bonds. The molecule has 1 atom stereocenters. The maximum absolute atomic E-state index is 13.3. The van der Waals surface area contributed by atoms with E-state index in [9.17, 15) is 18.0 Å². The van der Waals surface area contributed by atoms with Crippen LogP contribution in [0.2, 0.25) is 0 Å². The van der Waals surface area contributed by atoms with Crippen molar-refractivity contribution in [3.05, 3.63) is 54.4 Å². The van der Waals surface area contributed by atoms with Gasteiger partial charge in [-0.1, -0.05) is 31.2 Å². The molecule has 3 rings (SSSR count). The number of nitrogens with zero attached hydrogens (tertiary/aromatic N) is 4. The largest absolute Gasteiger partial charge is 0.465 e. The molecule has 0 aliphatic carbocycles. The summed E-state index contributed by atoms with van der Waals surface area (Å²) >= 11 is 1.12. The maximum atomic E-state index is 13.3. The van der Waals surface area contributed by atoms with E-state index in [0.29, 0.717) is 23.0 Å². The Kier molecular flexibility index (Phi) is 7.32. The standard InChI is InChI=1S/C21H21F3N4O2S/c1-3-7-17(19(29)30-4-2)31-20-27-26-18(14-8-6-11-25-13-14)28(20)16-10-5-9-15(12-16)21(22,23)24/h5-6,8-13,17H,3-4,7H2,1-2H3/t17-/m1/s1. The van der Waals surface area contributed by atoms with E-state index < -0.39 is 23.0 Å². The number of pyridine rings is 1. The number of carbonyl (C=O) groups excluding carboxylic acids is 1. The van der Waals surface area contributed by atoms with Crippen LogP contribution in [0.25, 0.3) is 17.1 Å². The van der Waals surface area contributed by atoms with Crippen molar-refractivity contribution in [1.29, 1.82) is 0 Å². The van der Waals surface area contributed by atoms with Gasteiger partial charge in [0.2, 0.25) is 0 Å². The number of aromatic nitrogens is 4. The first-order valence-electron chi connectivity index (χ1n) is 9.71. The van der Waals surface area contributed by atoms with Gasteiger partial charge in [-0.25, -0.2) is 0 Å². The molecule has 0 saturated carbocycles. The fourth-order valence-electron chi connectivity index (χ4n) is 2.93. The Morgan fingerprint density at radius 2 is 2.00 bits per heavy atom. The number of ether oxygens (including phenoxy) is 1. The second kappa shape index (κ2) is 9.95. The molecule has 3 aromatic rings. The molecular formula is C21H21F3N4O2S. The minimum atomic E-state index is -4.50. The number of alkyl halides is 3. The van der Waals surface area contributed by atoms with Crippen molar-refractivity contribution in [2.45, 2.75) is 43.3 Å². The average Bonchev–Trinajstić information content (AvgIpc) is 3.17. The molecule has 31 heavy (non-hydrogen) atoms. The van der Waals surface area contributed by atoms with Crippen LogP contribution in [0.1, 0.15) is 32.3 Å². The summed E-state index contributed by atoms with van der Waals surface area (Å²) in [7, 11) is 0. The van der Waals surface area contributed by atoms with Crippen LogP contribution >= 0.6 is 11.8 Å². The highest BCUT2D eigenvalue weighted by molar-refractivity contribution is 8.00. The summed E-state index contributed by atoms with van der Waals surface area (Å²) in [5, 5.41) is 8.12. The number of esters is 1. The summed E-state index contributed by atoms with van der Waals surface area (Å²) in [6.45, 7) is 3.89. The zero-order chi connectivity index (χ0) is 22.4. The minimum absolute atomic E-state index is 0.236. The van der Waals surface area contributed by atoms with Crippen molar-refractivity contribution < 1.29 is 22.7 Å². The van der Waals surface area contributed by atoms with Crippen LogP contribution in [0.15, 0.2) is 53.9 Å². The summed E-state index contributed by atoms with van der Waals surface area (Å²) in [6.07, 6.45) is -0.105. The summed E-state index contributed by atoms with van der Waals surface area (Å²) in [6, 6.07) is 8.35. The summed E-state index contributed by atoms with van der Waals surface area (Å²) in [5.41, 5.74) is 0.0324. The van der Waals surface area contributed by atoms with Crippen LogP contribution in [-0.4, -0.2) is 37.6 Å². The first-order valence-corrected chi connectivity index (χ1v) is 10.6. The summed E-state index contributed by atoms with van der Waals surface area (Å²) in [5.74, 6) is -0.0649. The molecule has 0 radical (unpaired) electrons. The Morgan fingerprint density at radius 1 is 1.19 bits per heavy atom. The van der Waals surface area contributed by atoms with E-state index >= 15 is 0 Å². The highest BCUT2D eigenvalue weighted by Crippen LogP contribution is 2.35. The lowest BCUT2D eigenvalue weighted by atomic mass is 10.2. The second-order valence-corrected chi connectivity index (χ2v) is 7.75. The van der Waals surface area contributed by atoms with E-state index in [1.807, 2.05) is 6.92 Å². The van der Waals surface area contributed by atoms with Crippen molar-refractivity contribution in [3.63, 3.8) is 0 Å². The fraction of sp³-hybridized carbons (Fsp3) is 0.333. The van der Waals surface area contributed by atoms with Gasteiger partial charge in [-0.05, 0) is 43.7 Å². The monoisotopic (exact) mass is 450 g/mol. The average molecular weight is 450 g/mol. The molecule has 0 aliphatic heterocycles. The second-order valence-electron chi connectivity index (χ2n) is 6.58. The highest BCUT2D eigenvalue weighted by atomic mass is 32.2. The highest BCUT2D eigenvalue weighted by Gasteiger charge is 2.31. The van der Waals surface area contributed by atoms with Gasteiger partial charge in [0.05, 0.1) is 17.9 Å². The molecule has 1 aromatic carbocycles. The van der Waals surface area contributed by atoms with Crippen LogP contribution in [0.4, 0.5) is 13.2 Å². The van der Waals surface area contributed by atoms with Gasteiger partial charge >= 0.3 is 12.1 Å². The lowest BCUT2D eigenvalue weighted by molar-refractivity contribution is -0.142. The Hall–Kier alpha value is -2.88. The van der Waals surface area contributed by atoms with Crippen LogP contribution in [0, 0.1) is 0 Å². The lowest BCUT2D eigenvalue weighted by Crippen LogP contribution is -2.21. The lowest BCUT2D eigenvalue weighted by Gasteiger charge is -2.16. The van der Waals surface area contributed by atoms with Crippen molar-refractivity contribution in [1.82, 2.24) is 19.7 Å². The van der Waals surface area contributed by atoms with E-state index in [1.54, 1.807) is 37.5 Å². The fourth-order valence-corrected chi connectivity index (χ4v) is 4.09. The van der Waals surface area contributed by atoms with Crippen LogP contribution in [0.5, 0.6) is 0 Å². The number of halogens is 3. The number of benzene rings is 1. The van der Waals surface area contributed by atoms with E-state index in [4.69, 9.17) is 4.74 Å². The minimum Gasteiger partial charge on any atom is -0.465 e. The van der Waals surface area contributed by atoms with Crippen LogP contribution in [0.3, 0.4) is 0 Å². The molecule has 0 fully saturated rings. The number of hydrogen-bond acceptors (Lipinski definition) is 6. The van der Waals surface area contributed by atoms with E-state index in [0.717, 1.165) is 30.3 Å². The molecule has 164 valence electrons. The Balaban J connectivity index is 2.11. The quantitative estimate of drug-likeness (QED) is 0.348. The van der Waals surface area contributed by atoms with Crippen molar-refractivity contribution in [3.8, 4) is 17.1 Å². The third-order valence-electron chi connectivity index (χ3n) is 4.33. The first-order chi connectivity index (χ1) is 14.8. The molecule has 0 unspecified atom stereocenters. The number of rotatable bonds is 8. The Bertz CT molecular complexity index is 1020. The number of thioether (sulfide) groups is 1. The summed E-state index contributed by atoms with van der Waals surface area (Å²) < 4.78 is 46.6. The summed E-state index contributed by atoms with van der Waals surface area (Å²) in [4.78, 5) is 16.5. The van der Waals surface area contributed by atoms with E-state index in [2.05, 4.69) is 15.2 Å². The predicted molar refractivity (Wildman–Crippen MR) is 111 cm³/mol. The van der Waals surface area contributed by atoms with Crippen LogP contribution < -0.4 is 0 Å². The topological polar surface area (TPSA) is 69.9 Å². The maximum Gasteiger partial charge on any atom is 0.416 e. The molecule has 2 aromatic heterocycles. The molecule has 2 heterocycles. The number of hydrogen-bond donors (Lipinski definition) is 0. The zero-order valence-corrected chi connectivity index (χ0v) is 17.8. The third kappa shape index (κ3) is 5.43. The Morgan fingerprint density at radius 3 is 2.65 bits per heavy atom. The van der Waals surface area contributed by atoms with Crippen molar-refractivity contribution in [2.24, 2.45) is 0 Å². The molecule has 0 spiro atoms. The van der Waals surface area contributed by atoms with Gasteiger partial charge in [-0.15, -0.1) is 10.2 Å². The van der Waals surface area contributed by atoms with Gasteiger partial charge in [0.15, 0.2) is 11.0 Å².